The quantitative estimate of drug-likeness (QED) is 0.853. The molecule has 1 aromatic carbocycles. The Balaban J connectivity index is 1.65. The van der Waals surface area contributed by atoms with E-state index in [9.17, 15) is 9.59 Å². The molecule has 0 aromatic heterocycles. The zero-order chi connectivity index (χ0) is 13.7. The van der Waals surface area contributed by atoms with E-state index in [1.54, 1.807) is 4.90 Å². The molecule has 0 atom stereocenters. The number of halogens is 1. The molecule has 5 nitrogen and oxygen atoms in total. The molecule has 0 bridgehead atoms. The van der Waals surface area contributed by atoms with Gasteiger partial charge in [-0.05, 0) is 5.56 Å². The van der Waals surface area contributed by atoms with Crippen LogP contribution in [-0.2, 0) is 16.1 Å². The fourth-order valence-corrected chi connectivity index (χ4v) is 2.14. The molecule has 1 aliphatic heterocycles. The summed E-state index contributed by atoms with van der Waals surface area (Å²) in [6.45, 7) is 1.35. The molecule has 1 saturated heterocycles. The maximum absolute atomic E-state index is 11.5. The number of nitrogens with zero attached hydrogens (tertiary/aromatic N) is 1. The van der Waals surface area contributed by atoms with E-state index >= 15 is 0 Å². The molecular formula is C13H15BrN2O3. The molecule has 1 aliphatic rings. The third-order valence-electron chi connectivity index (χ3n) is 2.88. The third kappa shape index (κ3) is 3.96. The van der Waals surface area contributed by atoms with Crippen molar-refractivity contribution in [2.45, 2.75) is 12.6 Å². The molecule has 1 aromatic rings. The highest BCUT2D eigenvalue weighted by molar-refractivity contribution is 9.09. The van der Waals surface area contributed by atoms with Crippen molar-refractivity contribution in [2.24, 2.45) is 0 Å². The largest absolute Gasteiger partial charge is 0.445 e. The number of alkyl halides is 1. The molecule has 0 radical (unpaired) electrons. The van der Waals surface area contributed by atoms with Crippen molar-refractivity contribution in [1.29, 1.82) is 0 Å². The van der Waals surface area contributed by atoms with E-state index in [4.69, 9.17) is 4.74 Å². The topological polar surface area (TPSA) is 58.6 Å². The Morgan fingerprint density at radius 3 is 2.63 bits per heavy atom. The molecular weight excluding hydrogens is 312 g/mol. The normalized spacial score (nSPS) is 14.7. The van der Waals surface area contributed by atoms with Crippen molar-refractivity contribution < 1.29 is 14.3 Å². The second-order valence-corrected chi connectivity index (χ2v) is 4.90. The maximum atomic E-state index is 11.5. The highest BCUT2D eigenvalue weighted by Crippen LogP contribution is 2.09. The van der Waals surface area contributed by atoms with Crippen LogP contribution in [0.4, 0.5) is 4.79 Å². The summed E-state index contributed by atoms with van der Waals surface area (Å²) in [7, 11) is 0. The van der Waals surface area contributed by atoms with Crippen LogP contribution in [0, 0.1) is 0 Å². The lowest BCUT2D eigenvalue weighted by atomic mass is 10.1. The van der Waals surface area contributed by atoms with Crippen LogP contribution < -0.4 is 5.32 Å². The van der Waals surface area contributed by atoms with Gasteiger partial charge in [0.1, 0.15) is 6.61 Å². The standard InChI is InChI=1S/C13H15BrN2O3/c14-6-12(17)16-7-11(8-16)15-13(18)19-9-10-4-2-1-3-5-10/h1-5,11H,6-9H2,(H,15,18). The van der Waals surface area contributed by atoms with Gasteiger partial charge in [-0.1, -0.05) is 46.3 Å². The summed E-state index contributed by atoms with van der Waals surface area (Å²) in [6.07, 6.45) is -0.445. The number of amides is 2. The average Bonchev–Trinajstić information content (AvgIpc) is 2.40. The maximum Gasteiger partial charge on any atom is 0.407 e. The highest BCUT2D eigenvalue weighted by Gasteiger charge is 2.31. The van der Waals surface area contributed by atoms with Crippen LogP contribution in [0.2, 0.25) is 0 Å². The highest BCUT2D eigenvalue weighted by atomic mass is 79.9. The number of alkyl carbamates (subject to hydrolysis) is 1. The second-order valence-electron chi connectivity index (χ2n) is 4.34. The van der Waals surface area contributed by atoms with Crippen LogP contribution in [0.1, 0.15) is 5.56 Å². The van der Waals surface area contributed by atoms with Crippen LogP contribution in [0.5, 0.6) is 0 Å². The first-order valence-corrected chi connectivity index (χ1v) is 7.12. The van der Waals surface area contributed by atoms with Gasteiger partial charge in [-0.3, -0.25) is 4.79 Å². The van der Waals surface area contributed by atoms with Gasteiger partial charge in [-0.25, -0.2) is 4.79 Å². The number of carbonyl (C=O) groups is 2. The number of carbonyl (C=O) groups excluding carboxylic acids is 2. The van der Waals surface area contributed by atoms with Gasteiger partial charge < -0.3 is 15.0 Å². The number of ether oxygens (including phenoxy) is 1. The second kappa shape index (κ2) is 6.56. The molecule has 2 rings (SSSR count). The van der Waals surface area contributed by atoms with E-state index in [-0.39, 0.29) is 18.6 Å². The summed E-state index contributed by atoms with van der Waals surface area (Å²) in [5.41, 5.74) is 0.947. The first kappa shape index (κ1) is 13.9. The molecule has 0 spiro atoms. The monoisotopic (exact) mass is 326 g/mol. The van der Waals surface area contributed by atoms with Gasteiger partial charge in [0.05, 0.1) is 11.4 Å². The number of nitrogens with one attached hydrogen (secondary N) is 1. The SMILES string of the molecule is O=C(NC1CN(C(=O)CBr)C1)OCc1ccccc1. The minimum atomic E-state index is -0.445. The molecule has 19 heavy (non-hydrogen) atoms. The first-order chi connectivity index (χ1) is 9.19. The van der Waals surface area contributed by atoms with Gasteiger partial charge in [0.15, 0.2) is 0 Å². The van der Waals surface area contributed by atoms with Crippen LogP contribution in [0.15, 0.2) is 30.3 Å². The van der Waals surface area contributed by atoms with E-state index in [0.29, 0.717) is 18.4 Å². The number of hydrogen-bond acceptors (Lipinski definition) is 3. The molecule has 1 N–H and O–H groups in total. The van der Waals surface area contributed by atoms with Gasteiger partial charge in [0.2, 0.25) is 5.91 Å². The van der Waals surface area contributed by atoms with Gasteiger partial charge in [-0.15, -0.1) is 0 Å². The van der Waals surface area contributed by atoms with Crippen molar-refractivity contribution in [3.05, 3.63) is 35.9 Å². The van der Waals surface area contributed by atoms with Crippen molar-refractivity contribution in [2.75, 3.05) is 18.4 Å². The molecule has 102 valence electrons. The Morgan fingerprint density at radius 2 is 2.00 bits per heavy atom. The predicted molar refractivity (Wildman–Crippen MR) is 73.9 cm³/mol. The Bertz CT molecular complexity index is 446. The Labute approximate surface area is 120 Å². The lowest BCUT2D eigenvalue weighted by molar-refractivity contribution is -0.132. The lowest BCUT2D eigenvalue weighted by Gasteiger charge is -2.38. The molecule has 1 heterocycles. The molecule has 6 heteroatoms. The molecule has 2 amide bonds. The van der Waals surface area contributed by atoms with Gasteiger partial charge >= 0.3 is 6.09 Å². The zero-order valence-electron chi connectivity index (χ0n) is 10.3. The summed E-state index contributed by atoms with van der Waals surface area (Å²) in [5, 5.41) is 3.04. The van der Waals surface area contributed by atoms with Crippen molar-refractivity contribution in [3.8, 4) is 0 Å². The average molecular weight is 327 g/mol. The predicted octanol–water partition coefficient (Wildman–Crippen LogP) is 1.52. The Hall–Kier alpha value is -1.56. The van der Waals surface area contributed by atoms with E-state index in [2.05, 4.69) is 21.2 Å². The number of hydrogen-bond donors (Lipinski definition) is 1. The molecule has 0 unspecified atom stereocenters. The van der Waals surface area contributed by atoms with Crippen molar-refractivity contribution in [1.82, 2.24) is 10.2 Å². The summed E-state index contributed by atoms with van der Waals surface area (Å²) < 4.78 is 5.09. The fraction of sp³-hybridized carbons (Fsp3) is 0.385. The smallest absolute Gasteiger partial charge is 0.407 e. The molecule has 1 fully saturated rings. The van der Waals surface area contributed by atoms with Crippen LogP contribution >= 0.6 is 15.9 Å². The summed E-state index contributed by atoms with van der Waals surface area (Å²) >= 11 is 3.11. The van der Waals surface area contributed by atoms with Gasteiger partial charge in [0, 0.05) is 13.1 Å². The third-order valence-corrected chi connectivity index (χ3v) is 3.36. The van der Waals surface area contributed by atoms with E-state index in [1.807, 2.05) is 30.3 Å². The van der Waals surface area contributed by atoms with Crippen molar-refractivity contribution >= 4 is 27.9 Å². The molecule has 0 saturated carbocycles. The van der Waals surface area contributed by atoms with E-state index < -0.39 is 6.09 Å². The minimum Gasteiger partial charge on any atom is -0.445 e. The lowest BCUT2D eigenvalue weighted by Crippen LogP contribution is -2.61. The number of benzene rings is 1. The van der Waals surface area contributed by atoms with Crippen LogP contribution in [-0.4, -0.2) is 41.4 Å². The van der Waals surface area contributed by atoms with E-state index in [1.165, 1.54) is 0 Å². The summed E-state index contributed by atoms with van der Waals surface area (Å²) in [5.74, 6) is 0.0377. The van der Waals surface area contributed by atoms with Crippen LogP contribution in [0.25, 0.3) is 0 Å². The number of rotatable bonds is 4. The van der Waals surface area contributed by atoms with Crippen LogP contribution in [0.3, 0.4) is 0 Å². The fourth-order valence-electron chi connectivity index (χ4n) is 1.79. The molecule has 0 aliphatic carbocycles. The van der Waals surface area contributed by atoms with Gasteiger partial charge in [-0.2, -0.15) is 0 Å². The first-order valence-electron chi connectivity index (χ1n) is 6.00. The minimum absolute atomic E-state index is 0.00808. The van der Waals surface area contributed by atoms with Gasteiger partial charge in [0.25, 0.3) is 0 Å². The Kier molecular flexibility index (Phi) is 4.79. The number of likely N-dealkylation sites (tertiary alicyclic amines) is 1. The van der Waals surface area contributed by atoms with E-state index in [0.717, 1.165) is 5.56 Å². The summed E-state index contributed by atoms with van der Waals surface area (Å²) in [6, 6.07) is 9.48. The Morgan fingerprint density at radius 1 is 1.32 bits per heavy atom. The summed E-state index contributed by atoms with van der Waals surface area (Å²) in [4.78, 5) is 24.5. The zero-order valence-corrected chi connectivity index (χ0v) is 11.9. The van der Waals surface area contributed by atoms with Crippen molar-refractivity contribution in [3.63, 3.8) is 0 Å².